The number of hydrogen-bond acceptors (Lipinski definition) is 4. The summed E-state index contributed by atoms with van der Waals surface area (Å²) in [6.45, 7) is 7.69. The first-order valence-electron chi connectivity index (χ1n) is 12.1. The van der Waals surface area contributed by atoms with Gasteiger partial charge in [-0.05, 0) is 30.3 Å². The van der Waals surface area contributed by atoms with Crippen molar-refractivity contribution in [2.75, 3.05) is 13.7 Å². The average molecular weight is 530 g/mol. The zero-order valence-electron chi connectivity index (χ0n) is 21.6. The molecule has 1 aromatic carbocycles. The number of hydrogen-bond donors (Lipinski definition) is 0. The Labute approximate surface area is 213 Å². The highest BCUT2D eigenvalue weighted by Gasteiger charge is 2.31. The molecule has 11 heteroatoms. The molecule has 37 heavy (non-hydrogen) atoms. The molecule has 0 aliphatic carbocycles. The molecule has 0 amide bonds. The van der Waals surface area contributed by atoms with E-state index in [9.17, 15) is 13.2 Å². The van der Waals surface area contributed by atoms with Gasteiger partial charge >= 0.3 is 6.18 Å². The molecule has 5 rings (SSSR count). The fourth-order valence-corrected chi connectivity index (χ4v) is 5.38. The number of halogens is 3. The van der Waals surface area contributed by atoms with E-state index in [1.54, 1.807) is 17.7 Å². The number of imidazole rings is 1. The van der Waals surface area contributed by atoms with Crippen molar-refractivity contribution >= 4 is 35.7 Å². The van der Waals surface area contributed by atoms with Crippen LogP contribution < -0.4 is 4.74 Å². The Bertz CT molecular complexity index is 1590. The second-order valence-electron chi connectivity index (χ2n) is 10.5. The number of benzene rings is 1. The van der Waals surface area contributed by atoms with Gasteiger partial charge < -0.3 is 14.0 Å². The van der Waals surface area contributed by atoms with Gasteiger partial charge in [-0.1, -0.05) is 19.6 Å². The van der Waals surface area contributed by atoms with Gasteiger partial charge in [0.25, 0.3) is 0 Å². The van der Waals surface area contributed by atoms with Gasteiger partial charge in [0.2, 0.25) is 0 Å². The normalized spacial score (nSPS) is 12.9. The lowest BCUT2D eigenvalue weighted by Crippen LogP contribution is -2.22. The lowest BCUT2D eigenvalue weighted by molar-refractivity contribution is -0.128. The number of methoxy groups -OCH3 is 1. The van der Waals surface area contributed by atoms with Crippen LogP contribution in [0, 0.1) is 0 Å². The third-order valence-corrected chi connectivity index (χ3v) is 8.22. The Kier molecular flexibility index (Phi) is 6.31. The predicted octanol–water partition coefficient (Wildman–Crippen LogP) is 6.27. The van der Waals surface area contributed by atoms with Crippen LogP contribution in [-0.4, -0.2) is 51.5 Å². The van der Waals surface area contributed by atoms with Gasteiger partial charge in [-0.25, -0.2) is 9.97 Å². The van der Waals surface area contributed by atoms with E-state index in [0.717, 1.165) is 34.0 Å². The number of aryl methyl sites for hydroxylation is 1. The van der Waals surface area contributed by atoms with Crippen LogP contribution in [0.1, 0.15) is 5.82 Å². The molecule has 0 spiro atoms. The summed E-state index contributed by atoms with van der Waals surface area (Å²) in [5.41, 5.74) is 4.32. The molecule has 4 aromatic heterocycles. The predicted molar refractivity (Wildman–Crippen MR) is 141 cm³/mol. The van der Waals surface area contributed by atoms with E-state index in [-0.39, 0.29) is 12.6 Å². The van der Waals surface area contributed by atoms with E-state index < -0.39 is 20.7 Å². The minimum absolute atomic E-state index is 0.0714. The molecule has 0 saturated carbocycles. The van der Waals surface area contributed by atoms with Crippen LogP contribution in [0.25, 0.3) is 38.8 Å². The maximum absolute atomic E-state index is 13.3. The summed E-state index contributed by atoms with van der Waals surface area (Å²) in [4.78, 5) is 8.70. The average Bonchev–Trinajstić information content (AvgIpc) is 3.48. The van der Waals surface area contributed by atoms with Crippen LogP contribution >= 0.6 is 0 Å². The van der Waals surface area contributed by atoms with Crippen molar-refractivity contribution < 1.29 is 22.6 Å². The second kappa shape index (κ2) is 9.21. The van der Waals surface area contributed by atoms with Crippen molar-refractivity contribution in [1.29, 1.82) is 0 Å². The van der Waals surface area contributed by atoms with Crippen molar-refractivity contribution in [2.45, 2.75) is 45.0 Å². The molecule has 0 N–H and O–H groups in total. The van der Waals surface area contributed by atoms with Crippen molar-refractivity contribution in [2.24, 2.45) is 7.05 Å². The molecule has 0 saturated heterocycles. The van der Waals surface area contributed by atoms with E-state index in [1.807, 2.05) is 46.6 Å². The smallest absolute Gasteiger partial charge is 0.396 e. The molecule has 0 aliphatic heterocycles. The molecular formula is C26H30F3N5O2Si. The van der Waals surface area contributed by atoms with Crippen LogP contribution in [0.5, 0.6) is 5.75 Å². The molecule has 5 aromatic rings. The maximum Gasteiger partial charge on any atom is 0.396 e. The zero-order chi connectivity index (χ0) is 26.5. The SMILES string of the molecule is COc1ccc2c(c1)c(-c1cc3c(ncc4cnc(CC(F)(F)F)n43)n1COCC[Si](C)(C)C)cn2C. The third-order valence-electron chi connectivity index (χ3n) is 6.52. The molecule has 0 bridgehead atoms. The van der Waals surface area contributed by atoms with Crippen molar-refractivity contribution in [3.63, 3.8) is 0 Å². The summed E-state index contributed by atoms with van der Waals surface area (Å²) in [5.74, 6) is 0.648. The zero-order valence-corrected chi connectivity index (χ0v) is 22.6. The monoisotopic (exact) mass is 529 g/mol. The first-order chi connectivity index (χ1) is 17.4. The molecule has 0 atom stereocenters. The summed E-state index contributed by atoms with van der Waals surface area (Å²) >= 11 is 0. The summed E-state index contributed by atoms with van der Waals surface area (Å²) in [6.07, 6.45) is -0.506. The van der Waals surface area contributed by atoms with Gasteiger partial charge in [-0.15, -0.1) is 0 Å². The number of ether oxygens (including phenoxy) is 2. The van der Waals surface area contributed by atoms with Crippen LogP contribution in [0.15, 0.2) is 42.9 Å². The summed E-state index contributed by atoms with van der Waals surface area (Å²) in [5, 5.41) is 0.963. The number of aromatic nitrogens is 5. The molecule has 0 fully saturated rings. The molecule has 0 aliphatic rings. The molecular weight excluding hydrogens is 499 g/mol. The summed E-state index contributed by atoms with van der Waals surface area (Å²) < 4.78 is 57.1. The minimum atomic E-state index is -4.38. The van der Waals surface area contributed by atoms with Gasteiger partial charge in [0, 0.05) is 44.4 Å². The highest BCUT2D eigenvalue weighted by molar-refractivity contribution is 6.76. The first kappa shape index (κ1) is 25.3. The van der Waals surface area contributed by atoms with Gasteiger partial charge in [0.15, 0.2) is 5.65 Å². The number of nitrogens with zero attached hydrogens (tertiary/aromatic N) is 5. The number of alkyl halides is 3. The van der Waals surface area contributed by atoms with Crippen molar-refractivity contribution in [3.05, 3.63) is 48.7 Å². The lowest BCUT2D eigenvalue weighted by Gasteiger charge is -2.16. The maximum atomic E-state index is 13.3. The van der Waals surface area contributed by atoms with Crippen molar-refractivity contribution in [1.82, 2.24) is 23.5 Å². The fraction of sp³-hybridized carbons (Fsp3) is 0.385. The minimum Gasteiger partial charge on any atom is -0.497 e. The van der Waals surface area contributed by atoms with Gasteiger partial charge in [0.1, 0.15) is 24.7 Å². The summed E-state index contributed by atoms with van der Waals surface area (Å²) in [6, 6.07) is 8.74. The highest BCUT2D eigenvalue weighted by Crippen LogP contribution is 2.36. The molecule has 0 unspecified atom stereocenters. The molecule has 4 heterocycles. The van der Waals surface area contributed by atoms with Crippen LogP contribution in [0.2, 0.25) is 25.7 Å². The van der Waals surface area contributed by atoms with E-state index in [2.05, 4.69) is 29.6 Å². The summed E-state index contributed by atoms with van der Waals surface area (Å²) in [7, 11) is 2.28. The molecule has 0 radical (unpaired) electrons. The number of rotatable bonds is 8. The first-order valence-corrected chi connectivity index (χ1v) is 15.8. The van der Waals surface area contributed by atoms with E-state index in [4.69, 9.17) is 9.47 Å². The fourth-order valence-electron chi connectivity index (χ4n) is 4.62. The van der Waals surface area contributed by atoms with Crippen LogP contribution in [0.3, 0.4) is 0 Å². The van der Waals surface area contributed by atoms with Crippen LogP contribution in [0.4, 0.5) is 13.2 Å². The Morgan fingerprint density at radius 1 is 1.03 bits per heavy atom. The van der Waals surface area contributed by atoms with Gasteiger partial charge in [-0.3, -0.25) is 8.97 Å². The third kappa shape index (κ3) is 4.97. The largest absolute Gasteiger partial charge is 0.497 e. The topological polar surface area (TPSA) is 58.5 Å². The quantitative estimate of drug-likeness (QED) is 0.176. The van der Waals surface area contributed by atoms with Crippen molar-refractivity contribution in [3.8, 4) is 17.0 Å². The molecule has 196 valence electrons. The second-order valence-corrected chi connectivity index (χ2v) is 16.2. The lowest BCUT2D eigenvalue weighted by atomic mass is 10.1. The standard InChI is InChI=1S/C26H30F3N5O2Si/c1-32-15-20(19-10-18(35-2)6-7-21(19)32)22-11-23-25(33(22)16-36-8-9-37(3,4)5)31-14-17-13-30-24(34(17)23)12-26(27,28)29/h6-7,10-11,13-15H,8-9,12,16H2,1-5H3. The van der Waals surface area contributed by atoms with E-state index in [0.29, 0.717) is 23.3 Å². The molecule has 7 nitrogen and oxygen atoms in total. The Hall–Kier alpha value is -3.31. The van der Waals surface area contributed by atoms with E-state index >= 15 is 0 Å². The number of fused-ring (bicyclic) bond motifs is 4. The van der Waals surface area contributed by atoms with Crippen LogP contribution in [-0.2, 0) is 24.9 Å². The van der Waals surface area contributed by atoms with Gasteiger partial charge in [-0.2, -0.15) is 13.2 Å². The Balaban J connectivity index is 1.71. The Morgan fingerprint density at radius 3 is 2.49 bits per heavy atom. The highest BCUT2D eigenvalue weighted by atomic mass is 28.3. The van der Waals surface area contributed by atoms with E-state index in [1.165, 1.54) is 6.20 Å². The van der Waals surface area contributed by atoms with Gasteiger partial charge in [0.05, 0.1) is 36.2 Å². The Morgan fingerprint density at radius 2 is 1.78 bits per heavy atom.